The minimum Gasteiger partial charge on any atom is -0.488 e. The van der Waals surface area contributed by atoms with Crippen LogP contribution < -0.4 is 35.2 Å². The number of piperazine rings is 2. The predicted octanol–water partition coefficient (Wildman–Crippen LogP) is 5.60. The smallest absolute Gasteiger partial charge is 0.220 e. The number of pyridine rings is 2. The number of rotatable bonds is 13. The fourth-order valence-corrected chi connectivity index (χ4v) is 10.7. The number of nitrogens with one attached hydrogen (secondary N) is 3. The Labute approximate surface area is 408 Å². The van der Waals surface area contributed by atoms with Crippen LogP contribution in [0, 0.1) is 11.8 Å². The van der Waals surface area contributed by atoms with Crippen molar-refractivity contribution >= 4 is 45.5 Å². The van der Waals surface area contributed by atoms with Gasteiger partial charge in [0.2, 0.25) is 11.8 Å². The molecule has 13 rings (SSSR count). The average Bonchev–Trinajstić information content (AvgIpc) is 4.20. The lowest BCUT2D eigenvalue weighted by Crippen LogP contribution is -2.56. The van der Waals surface area contributed by atoms with E-state index in [4.69, 9.17) is 34.1 Å². The zero-order chi connectivity index (χ0) is 47.3. The lowest BCUT2D eigenvalue weighted by molar-refractivity contribution is -0.120. The van der Waals surface area contributed by atoms with E-state index in [0.717, 1.165) is 133 Å². The second-order valence-corrected chi connectivity index (χ2v) is 20.4. The second-order valence-electron chi connectivity index (χ2n) is 20.4. The van der Waals surface area contributed by atoms with Gasteiger partial charge < -0.3 is 49.1 Å². The molecule has 0 radical (unpaired) electrons. The molecule has 2 aliphatic carbocycles. The van der Waals surface area contributed by atoms with Gasteiger partial charge in [-0.15, -0.1) is 0 Å². The lowest BCUT2D eigenvalue weighted by atomic mass is 10.0. The van der Waals surface area contributed by atoms with Gasteiger partial charge in [-0.1, -0.05) is 0 Å². The molecular formula is C53H64N12O5. The Morgan fingerprint density at radius 1 is 0.586 bits per heavy atom. The number of carbonyl (C=O) groups excluding carboxylic acids is 2. The molecule has 0 unspecified atom stereocenters. The van der Waals surface area contributed by atoms with Gasteiger partial charge >= 0.3 is 0 Å². The van der Waals surface area contributed by atoms with Crippen LogP contribution in [0.4, 0.5) is 11.6 Å². The number of carbonyl (C=O) groups is 2. The number of fused-ring (bicyclic) bond motifs is 2. The van der Waals surface area contributed by atoms with Crippen molar-refractivity contribution in [2.75, 3.05) is 88.5 Å². The molecule has 6 aromatic rings. The number of hydrogen-bond donors (Lipinski definition) is 3. The molecule has 4 atom stereocenters. The minimum atomic E-state index is -0.0781. The van der Waals surface area contributed by atoms with Crippen molar-refractivity contribution in [3.05, 3.63) is 73.6 Å². The summed E-state index contributed by atoms with van der Waals surface area (Å²) in [7, 11) is 0. The van der Waals surface area contributed by atoms with E-state index in [2.05, 4.69) is 102 Å². The summed E-state index contributed by atoms with van der Waals surface area (Å²) in [6, 6.07) is 18.6. The summed E-state index contributed by atoms with van der Waals surface area (Å²) in [5.41, 5.74) is 8.17. The monoisotopic (exact) mass is 949 g/mol. The highest BCUT2D eigenvalue weighted by molar-refractivity contribution is 5.89. The van der Waals surface area contributed by atoms with Crippen molar-refractivity contribution in [3.63, 3.8) is 0 Å². The Balaban J connectivity index is 0.000000145. The predicted molar refractivity (Wildman–Crippen MR) is 268 cm³/mol. The van der Waals surface area contributed by atoms with E-state index in [1.54, 1.807) is 0 Å². The average molecular weight is 949 g/mol. The van der Waals surface area contributed by atoms with Crippen LogP contribution in [0.25, 0.3) is 44.3 Å². The molecule has 5 aliphatic heterocycles. The maximum Gasteiger partial charge on any atom is 0.220 e. The fraction of sp³-hybridized carbons (Fsp3) is 0.509. The molecule has 7 aliphatic rings. The van der Waals surface area contributed by atoms with Crippen LogP contribution in [-0.4, -0.2) is 143 Å². The van der Waals surface area contributed by atoms with Crippen LogP contribution in [0.1, 0.15) is 64.5 Å². The van der Waals surface area contributed by atoms with Crippen molar-refractivity contribution in [3.8, 4) is 33.8 Å². The highest BCUT2D eigenvalue weighted by atomic mass is 16.5. The van der Waals surface area contributed by atoms with E-state index in [9.17, 15) is 9.59 Å². The summed E-state index contributed by atoms with van der Waals surface area (Å²) in [6.07, 6.45) is 13.4. The topological polar surface area (TPSA) is 169 Å². The van der Waals surface area contributed by atoms with E-state index in [-0.39, 0.29) is 35.9 Å². The molecule has 9 heterocycles. The molecule has 7 fully saturated rings. The maximum absolute atomic E-state index is 11.8. The third-order valence-corrected chi connectivity index (χ3v) is 15.5. The molecule has 4 aromatic heterocycles. The van der Waals surface area contributed by atoms with Crippen molar-refractivity contribution in [2.45, 2.75) is 82.7 Å². The summed E-state index contributed by atoms with van der Waals surface area (Å²) in [4.78, 5) is 49.8. The molecule has 3 N–H and O–H groups in total. The van der Waals surface area contributed by atoms with Crippen LogP contribution >= 0.6 is 0 Å². The number of aromatic nitrogens is 6. The quantitative estimate of drug-likeness (QED) is 0.131. The molecule has 2 aromatic carbocycles. The third kappa shape index (κ3) is 9.38. The zero-order valence-electron chi connectivity index (χ0n) is 40.3. The molecule has 17 nitrogen and oxygen atoms in total. The van der Waals surface area contributed by atoms with E-state index in [1.807, 2.05) is 25.0 Å². The van der Waals surface area contributed by atoms with E-state index in [1.165, 1.54) is 25.7 Å². The summed E-state index contributed by atoms with van der Waals surface area (Å²) >= 11 is 0. The summed E-state index contributed by atoms with van der Waals surface area (Å²) in [5.74, 6) is 4.27. The summed E-state index contributed by atoms with van der Waals surface area (Å²) in [6.45, 7) is 15.2. The number of benzene rings is 2. The van der Waals surface area contributed by atoms with Crippen molar-refractivity contribution in [1.29, 1.82) is 0 Å². The third-order valence-electron chi connectivity index (χ3n) is 15.5. The number of anilines is 2. The molecule has 2 saturated carbocycles. The Morgan fingerprint density at radius 2 is 1.07 bits per heavy atom. The second kappa shape index (κ2) is 19.1. The molecule has 0 spiro atoms. The van der Waals surface area contributed by atoms with E-state index in [0.29, 0.717) is 44.1 Å². The number of ether oxygens (including phenoxy) is 3. The first-order valence-corrected chi connectivity index (χ1v) is 25.6. The molecular weight excluding hydrogens is 885 g/mol. The fourth-order valence-electron chi connectivity index (χ4n) is 10.7. The first kappa shape index (κ1) is 44.9. The van der Waals surface area contributed by atoms with Crippen LogP contribution in [0.15, 0.2) is 73.6 Å². The van der Waals surface area contributed by atoms with Crippen molar-refractivity contribution < 1.29 is 23.8 Å². The lowest BCUT2D eigenvalue weighted by Gasteiger charge is -2.42. The highest BCUT2D eigenvalue weighted by Crippen LogP contribution is 2.43. The van der Waals surface area contributed by atoms with Gasteiger partial charge in [0.15, 0.2) is 0 Å². The molecule has 2 amide bonds. The Morgan fingerprint density at radius 3 is 1.47 bits per heavy atom. The van der Waals surface area contributed by atoms with E-state index >= 15 is 0 Å². The van der Waals surface area contributed by atoms with Crippen molar-refractivity contribution in [1.82, 2.24) is 49.9 Å². The standard InChI is InChI=1S/C28H34N6O3.C25H30N6O2/c1-18(21-12-27(35)30-14-21)37-25-11-20(10-24-28(25)34(17-31-24)22-3-4-22)19-2-5-26(29-13-19)33-8-6-32(7-9-33)23-15-36-16-23;1-16(19-12-24(32)28-14-19)33-22-11-18(10-21-25(22)31(15-29-21)20-3-4-20)17-2-5-23(27-13-17)30-8-6-26-7-9-30/h2,5,10-11,13,17-18,21-23H,3-4,6-9,12,14-16H2,1H3,(H,30,35);2,5,10-11,13,15-16,19-20,26H,3-4,6-9,12,14H2,1H3,(H,28,32)/t18-,21-;16-,19-/m11/s1. The van der Waals surface area contributed by atoms with Gasteiger partial charge in [-0.2, -0.15) is 0 Å². The Bertz CT molecular complexity index is 2840. The SMILES string of the molecule is C[C@@H](Oc1cc(-c2ccc(N3CCN(C4COC4)CC3)nc2)cc2ncn(C3CC3)c12)[C@H]1CNC(=O)C1.C[C@@H](Oc1cc(-c2ccc(N3CCNCC3)nc2)cc2ncn(C3CC3)c12)[C@H]1CNC(=O)C1. The van der Waals surface area contributed by atoms with Crippen LogP contribution in [-0.2, 0) is 14.3 Å². The zero-order valence-corrected chi connectivity index (χ0v) is 40.3. The number of amides is 2. The highest BCUT2D eigenvalue weighted by Gasteiger charge is 2.34. The molecule has 70 heavy (non-hydrogen) atoms. The van der Waals surface area contributed by atoms with Gasteiger partial charge in [0.1, 0.15) is 46.4 Å². The van der Waals surface area contributed by atoms with Gasteiger partial charge in [-0.25, -0.2) is 19.9 Å². The molecule has 17 heteroatoms. The van der Waals surface area contributed by atoms with Gasteiger partial charge in [-0.05, 0) is 99.2 Å². The Hall–Kier alpha value is -6.30. The van der Waals surface area contributed by atoms with Gasteiger partial charge in [-0.3, -0.25) is 14.5 Å². The number of hydrogen-bond acceptors (Lipinski definition) is 13. The molecule has 5 saturated heterocycles. The largest absolute Gasteiger partial charge is 0.488 e. The number of nitrogens with zero attached hydrogens (tertiary/aromatic N) is 9. The van der Waals surface area contributed by atoms with E-state index < -0.39 is 0 Å². The first-order valence-electron chi connectivity index (χ1n) is 25.6. The van der Waals surface area contributed by atoms with Crippen LogP contribution in [0.5, 0.6) is 11.5 Å². The summed E-state index contributed by atoms with van der Waals surface area (Å²) in [5, 5.41) is 9.24. The number of imidazole rings is 2. The molecule has 0 bridgehead atoms. The van der Waals surface area contributed by atoms with Crippen LogP contribution in [0.3, 0.4) is 0 Å². The molecule has 366 valence electrons. The van der Waals surface area contributed by atoms with Gasteiger partial charge in [0.25, 0.3) is 0 Å². The van der Waals surface area contributed by atoms with Gasteiger partial charge in [0, 0.05) is 126 Å². The first-order chi connectivity index (χ1) is 34.3. The normalized spacial score (nSPS) is 22.9. The van der Waals surface area contributed by atoms with Gasteiger partial charge in [0.05, 0.1) is 42.9 Å². The Kier molecular flexibility index (Phi) is 12.3. The maximum atomic E-state index is 11.8. The van der Waals surface area contributed by atoms with Crippen LogP contribution in [0.2, 0.25) is 0 Å². The minimum absolute atomic E-state index is 0.0711. The van der Waals surface area contributed by atoms with Crippen molar-refractivity contribution in [2.24, 2.45) is 11.8 Å². The summed E-state index contributed by atoms with van der Waals surface area (Å²) < 4.78 is 23.0.